The van der Waals surface area contributed by atoms with E-state index in [0.717, 1.165) is 20.2 Å². The molecule has 2 rings (SSSR count). The van der Waals surface area contributed by atoms with Crippen molar-refractivity contribution < 1.29 is 0 Å². The van der Waals surface area contributed by atoms with Crippen molar-refractivity contribution in [3.63, 3.8) is 0 Å². The minimum atomic E-state index is 0.137. The lowest BCUT2D eigenvalue weighted by Gasteiger charge is -2.12. The second-order valence-corrected chi connectivity index (χ2v) is 6.22. The molecule has 0 saturated heterocycles. The molecule has 5 heteroatoms. The summed E-state index contributed by atoms with van der Waals surface area (Å²) in [7, 11) is 0. The molecule has 1 heterocycles. The van der Waals surface area contributed by atoms with Crippen molar-refractivity contribution in [2.45, 2.75) is 19.4 Å². The van der Waals surface area contributed by atoms with Gasteiger partial charge in [0.05, 0.1) is 15.5 Å². The number of benzene rings is 1. The lowest BCUT2D eigenvalue weighted by molar-refractivity contribution is 0.727. The first-order valence-corrected chi connectivity index (χ1v) is 7.18. The molecular weight excluding hydrogens is 393 g/mol. The fraction of sp³-hybridized carbons (Fsp3) is 0.250. The quantitative estimate of drug-likeness (QED) is 0.797. The Kier molecular flexibility index (Phi) is 4.22. The highest BCUT2D eigenvalue weighted by molar-refractivity contribution is 14.1. The van der Waals surface area contributed by atoms with Crippen LogP contribution < -0.4 is 5.73 Å². The number of aromatic nitrogens is 2. The summed E-state index contributed by atoms with van der Waals surface area (Å²) in [4.78, 5) is 0. The Morgan fingerprint density at radius 3 is 2.88 bits per heavy atom. The van der Waals surface area contributed by atoms with Gasteiger partial charge in [0.25, 0.3) is 0 Å². The minimum absolute atomic E-state index is 0.137. The molecule has 0 spiro atoms. The summed E-state index contributed by atoms with van der Waals surface area (Å²) in [5.41, 5.74) is 8.17. The number of nitrogens with two attached hydrogens (primary N) is 1. The van der Waals surface area contributed by atoms with Gasteiger partial charge in [0.2, 0.25) is 0 Å². The van der Waals surface area contributed by atoms with Gasteiger partial charge in [-0.15, -0.1) is 0 Å². The third kappa shape index (κ3) is 3.29. The Bertz CT molecular complexity index is 522. The molecule has 3 nitrogen and oxygen atoms in total. The van der Waals surface area contributed by atoms with Crippen LogP contribution in [0.2, 0.25) is 0 Å². The summed E-state index contributed by atoms with van der Waals surface area (Å²) >= 11 is 5.75. The highest BCUT2D eigenvalue weighted by Crippen LogP contribution is 2.21. The fourth-order valence-corrected chi connectivity index (χ4v) is 2.52. The van der Waals surface area contributed by atoms with Gasteiger partial charge in [-0.3, -0.25) is 0 Å². The standard InChI is InChI=1S/C12H13BrIN3/c1-8(15)4-9-5-10(13)2-3-12(9)17-7-11(14)6-16-17/h2-3,5-8H,4,15H2,1H3. The number of hydrogen-bond acceptors (Lipinski definition) is 2. The van der Waals surface area contributed by atoms with E-state index < -0.39 is 0 Å². The molecule has 2 N–H and O–H groups in total. The molecule has 0 amide bonds. The van der Waals surface area contributed by atoms with Crippen LogP contribution in [0.25, 0.3) is 5.69 Å². The first-order valence-electron chi connectivity index (χ1n) is 5.31. The molecule has 0 fully saturated rings. The molecule has 1 aromatic heterocycles. The molecular formula is C12H13BrIN3. The van der Waals surface area contributed by atoms with Crippen molar-refractivity contribution in [1.82, 2.24) is 9.78 Å². The van der Waals surface area contributed by atoms with Crippen LogP contribution in [0.1, 0.15) is 12.5 Å². The molecule has 0 radical (unpaired) electrons. The molecule has 0 bridgehead atoms. The van der Waals surface area contributed by atoms with Crippen molar-refractivity contribution >= 4 is 38.5 Å². The van der Waals surface area contributed by atoms with Crippen LogP contribution >= 0.6 is 38.5 Å². The molecule has 0 saturated carbocycles. The lowest BCUT2D eigenvalue weighted by atomic mass is 10.1. The number of rotatable bonds is 3. The van der Waals surface area contributed by atoms with Crippen LogP contribution in [0.5, 0.6) is 0 Å². The van der Waals surface area contributed by atoms with Crippen LogP contribution in [-0.2, 0) is 6.42 Å². The normalized spacial score (nSPS) is 12.7. The SMILES string of the molecule is CC(N)Cc1cc(Br)ccc1-n1cc(I)cn1. The molecule has 17 heavy (non-hydrogen) atoms. The average Bonchev–Trinajstić information content (AvgIpc) is 2.64. The predicted molar refractivity (Wildman–Crippen MR) is 81.3 cm³/mol. The highest BCUT2D eigenvalue weighted by atomic mass is 127. The highest BCUT2D eigenvalue weighted by Gasteiger charge is 2.08. The van der Waals surface area contributed by atoms with E-state index >= 15 is 0 Å². The van der Waals surface area contributed by atoms with Gasteiger partial charge >= 0.3 is 0 Å². The molecule has 90 valence electrons. The zero-order valence-electron chi connectivity index (χ0n) is 9.40. The molecule has 1 unspecified atom stereocenters. The summed E-state index contributed by atoms with van der Waals surface area (Å²) in [6.45, 7) is 2.01. The van der Waals surface area contributed by atoms with Gasteiger partial charge in [0.1, 0.15) is 0 Å². The Hall–Kier alpha value is -0.400. The smallest absolute Gasteiger partial charge is 0.0679 e. The van der Waals surface area contributed by atoms with E-state index in [-0.39, 0.29) is 6.04 Å². The van der Waals surface area contributed by atoms with Crippen molar-refractivity contribution in [1.29, 1.82) is 0 Å². The molecule has 2 aromatic rings. The van der Waals surface area contributed by atoms with Crippen molar-refractivity contribution in [2.24, 2.45) is 5.73 Å². The maximum absolute atomic E-state index is 5.88. The third-order valence-electron chi connectivity index (χ3n) is 2.38. The summed E-state index contributed by atoms with van der Waals surface area (Å²) in [6, 6.07) is 6.32. The summed E-state index contributed by atoms with van der Waals surface area (Å²) in [5.74, 6) is 0. The Morgan fingerprint density at radius 1 is 1.53 bits per heavy atom. The average molecular weight is 406 g/mol. The summed E-state index contributed by atoms with van der Waals surface area (Å²) < 4.78 is 4.09. The van der Waals surface area contributed by atoms with Crippen LogP contribution in [0.3, 0.4) is 0 Å². The monoisotopic (exact) mass is 405 g/mol. The molecule has 0 aliphatic carbocycles. The van der Waals surface area contributed by atoms with Gasteiger partial charge < -0.3 is 5.73 Å². The van der Waals surface area contributed by atoms with Crippen LogP contribution in [0, 0.1) is 3.57 Å². The second kappa shape index (κ2) is 5.49. The lowest BCUT2D eigenvalue weighted by Crippen LogP contribution is -2.19. The molecule has 1 aromatic carbocycles. The summed E-state index contributed by atoms with van der Waals surface area (Å²) in [5, 5.41) is 4.34. The van der Waals surface area contributed by atoms with Crippen LogP contribution in [-0.4, -0.2) is 15.8 Å². The maximum Gasteiger partial charge on any atom is 0.0679 e. The molecule has 0 aliphatic heterocycles. The van der Waals surface area contributed by atoms with Gasteiger partial charge in [-0.25, -0.2) is 4.68 Å². The number of halogens is 2. The topological polar surface area (TPSA) is 43.8 Å². The van der Waals surface area contributed by atoms with Crippen LogP contribution in [0.4, 0.5) is 0 Å². The van der Waals surface area contributed by atoms with E-state index in [1.807, 2.05) is 30.1 Å². The van der Waals surface area contributed by atoms with E-state index in [1.165, 1.54) is 5.56 Å². The van der Waals surface area contributed by atoms with Crippen LogP contribution in [0.15, 0.2) is 35.1 Å². The van der Waals surface area contributed by atoms with E-state index in [2.05, 4.69) is 55.8 Å². The van der Waals surface area contributed by atoms with Gasteiger partial charge in [-0.05, 0) is 59.7 Å². The Labute approximate surface area is 123 Å². The second-order valence-electron chi connectivity index (χ2n) is 4.06. The first kappa shape index (κ1) is 13.0. The summed E-state index contributed by atoms with van der Waals surface area (Å²) in [6.07, 6.45) is 4.69. The van der Waals surface area contributed by atoms with Gasteiger partial charge in [-0.1, -0.05) is 15.9 Å². The largest absolute Gasteiger partial charge is 0.328 e. The predicted octanol–water partition coefficient (Wildman–Crippen LogP) is 3.13. The van der Waals surface area contributed by atoms with E-state index in [9.17, 15) is 0 Å². The Balaban J connectivity index is 2.45. The third-order valence-corrected chi connectivity index (χ3v) is 3.43. The minimum Gasteiger partial charge on any atom is -0.328 e. The number of hydrogen-bond donors (Lipinski definition) is 1. The van der Waals surface area contributed by atoms with Gasteiger partial charge in [0, 0.05) is 16.7 Å². The van der Waals surface area contributed by atoms with E-state index in [4.69, 9.17) is 5.73 Å². The first-order chi connectivity index (χ1) is 8.06. The fourth-order valence-electron chi connectivity index (χ4n) is 1.72. The van der Waals surface area contributed by atoms with Gasteiger partial charge in [-0.2, -0.15) is 5.10 Å². The molecule has 0 aliphatic rings. The van der Waals surface area contributed by atoms with Crippen molar-refractivity contribution in [2.75, 3.05) is 0 Å². The van der Waals surface area contributed by atoms with E-state index in [0.29, 0.717) is 0 Å². The van der Waals surface area contributed by atoms with Crippen molar-refractivity contribution in [3.05, 3.63) is 44.2 Å². The zero-order chi connectivity index (χ0) is 12.4. The van der Waals surface area contributed by atoms with Gasteiger partial charge in [0.15, 0.2) is 0 Å². The Morgan fingerprint density at radius 2 is 2.29 bits per heavy atom. The maximum atomic E-state index is 5.88. The number of nitrogens with zero attached hydrogens (tertiary/aromatic N) is 2. The molecule has 1 atom stereocenters. The van der Waals surface area contributed by atoms with Crippen molar-refractivity contribution in [3.8, 4) is 5.69 Å². The zero-order valence-corrected chi connectivity index (χ0v) is 13.1. The van der Waals surface area contributed by atoms with E-state index in [1.54, 1.807) is 0 Å².